The predicted molar refractivity (Wildman–Crippen MR) is 117 cm³/mol. The van der Waals surface area contributed by atoms with E-state index in [-0.39, 0.29) is 5.91 Å². The van der Waals surface area contributed by atoms with Gasteiger partial charge in [-0.05, 0) is 19.1 Å². The van der Waals surface area contributed by atoms with Crippen molar-refractivity contribution in [1.29, 1.82) is 0 Å². The first-order valence-corrected chi connectivity index (χ1v) is 10.7. The van der Waals surface area contributed by atoms with Gasteiger partial charge in [0.25, 0.3) is 0 Å². The van der Waals surface area contributed by atoms with Crippen LogP contribution in [0.15, 0.2) is 34.8 Å². The maximum absolute atomic E-state index is 12.6. The lowest BCUT2D eigenvalue weighted by atomic mass is 10.2. The zero-order valence-corrected chi connectivity index (χ0v) is 18.2. The molecule has 0 radical (unpaired) electrons. The van der Waals surface area contributed by atoms with E-state index in [4.69, 9.17) is 0 Å². The van der Waals surface area contributed by atoms with Crippen molar-refractivity contribution in [1.82, 2.24) is 25.1 Å². The maximum Gasteiger partial charge on any atom is 0.224 e. The summed E-state index contributed by atoms with van der Waals surface area (Å²) < 4.78 is 0. The van der Waals surface area contributed by atoms with Gasteiger partial charge in [0, 0.05) is 64.8 Å². The predicted octanol–water partition coefficient (Wildman–Crippen LogP) is 1.59. The highest BCUT2D eigenvalue weighted by molar-refractivity contribution is 7.09. The smallest absolute Gasteiger partial charge is 0.224 e. The monoisotopic (exact) mass is 415 g/mol. The molecule has 1 fully saturated rings. The SMILES string of the molecule is CN=C(NCCC(=O)N1CCN(c2ccccn2)CC1)N(C)Cc1csc(C)n1. The first-order chi connectivity index (χ1) is 14.1. The highest BCUT2D eigenvalue weighted by Crippen LogP contribution is 2.13. The van der Waals surface area contributed by atoms with Gasteiger partial charge in [0.1, 0.15) is 5.82 Å². The van der Waals surface area contributed by atoms with Crippen molar-refractivity contribution in [2.45, 2.75) is 19.9 Å². The van der Waals surface area contributed by atoms with Crippen LogP contribution >= 0.6 is 11.3 Å². The number of anilines is 1. The summed E-state index contributed by atoms with van der Waals surface area (Å²) >= 11 is 1.65. The standard InChI is InChI=1S/C20H29N7OS/c1-16-24-17(15-29-16)14-25(3)20(21-2)23-9-7-19(28)27-12-10-26(11-13-27)18-6-4-5-8-22-18/h4-6,8,15H,7,9-14H2,1-3H3,(H,21,23). The van der Waals surface area contributed by atoms with Crippen LogP contribution in [0.2, 0.25) is 0 Å². The van der Waals surface area contributed by atoms with Crippen molar-refractivity contribution in [3.05, 3.63) is 40.5 Å². The largest absolute Gasteiger partial charge is 0.356 e. The summed E-state index contributed by atoms with van der Waals surface area (Å²) in [5.41, 5.74) is 1.03. The third kappa shape index (κ3) is 5.90. The van der Waals surface area contributed by atoms with Gasteiger partial charge in [-0.15, -0.1) is 11.3 Å². The van der Waals surface area contributed by atoms with E-state index in [2.05, 4.69) is 30.6 Å². The lowest BCUT2D eigenvalue weighted by molar-refractivity contribution is -0.131. The van der Waals surface area contributed by atoms with Crippen LogP contribution in [0.25, 0.3) is 0 Å². The maximum atomic E-state index is 12.6. The van der Waals surface area contributed by atoms with E-state index >= 15 is 0 Å². The first-order valence-electron chi connectivity index (χ1n) is 9.83. The topological polar surface area (TPSA) is 77.0 Å². The lowest BCUT2D eigenvalue weighted by Gasteiger charge is -2.35. The van der Waals surface area contributed by atoms with Crippen LogP contribution in [-0.2, 0) is 11.3 Å². The number of hydrogen-bond acceptors (Lipinski definition) is 6. The molecule has 0 unspecified atom stereocenters. The molecule has 0 bridgehead atoms. The molecule has 3 rings (SSSR count). The number of aromatic nitrogens is 2. The van der Waals surface area contributed by atoms with Gasteiger partial charge in [-0.1, -0.05) is 6.07 Å². The van der Waals surface area contributed by atoms with Gasteiger partial charge in [0.15, 0.2) is 5.96 Å². The minimum atomic E-state index is 0.173. The van der Waals surface area contributed by atoms with E-state index in [1.165, 1.54) is 0 Å². The van der Waals surface area contributed by atoms with Gasteiger partial charge in [-0.25, -0.2) is 9.97 Å². The Labute approximate surface area is 176 Å². The highest BCUT2D eigenvalue weighted by Gasteiger charge is 2.21. The lowest BCUT2D eigenvalue weighted by Crippen LogP contribution is -2.49. The molecule has 0 atom stereocenters. The average molecular weight is 416 g/mol. The molecule has 3 heterocycles. The molecule has 29 heavy (non-hydrogen) atoms. The number of amides is 1. The number of aliphatic imine (C=N–C) groups is 1. The molecule has 0 aliphatic carbocycles. The molecule has 1 amide bonds. The minimum Gasteiger partial charge on any atom is -0.356 e. The van der Waals surface area contributed by atoms with Crippen molar-refractivity contribution in [2.24, 2.45) is 4.99 Å². The van der Waals surface area contributed by atoms with Crippen molar-refractivity contribution < 1.29 is 4.79 Å². The number of piperazine rings is 1. The molecule has 2 aromatic heterocycles. The van der Waals surface area contributed by atoms with Crippen molar-refractivity contribution in [3.63, 3.8) is 0 Å². The zero-order chi connectivity index (χ0) is 20.6. The Balaban J connectivity index is 1.40. The van der Waals surface area contributed by atoms with Gasteiger partial charge < -0.3 is 20.0 Å². The van der Waals surface area contributed by atoms with Gasteiger partial charge >= 0.3 is 0 Å². The summed E-state index contributed by atoms with van der Waals surface area (Å²) in [5.74, 6) is 1.92. The molecular formula is C20H29N7OS. The van der Waals surface area contributed by atoms with Crippen LogP contribution in [0.1, 0.15) is 17.1 Å². The van der Waals surface area contributed by atoms with Crippen LogP contribution in [0.4, 0.5) is 5.82 Å². The van der Waals surface area contributed by atoms with Gasteiger partial charge in [-0.2, -0.15) is 0 Å². The Morgan fingerprint density at radius 1 is 1.31 bits per heavy atom. The summed E-state index contributed by atoms with van der Waals surface area (Å²) in [4.78, 5) is 31.9. The summed E-state index contributed by atoms with van der Waals surface area (Å²) in [6, 6.07) is 5.92. The number of hydrogen-bond donors (Lipinski definition) is 1. The molecule has 0 spiro atoms. The van der Waals surface area contributed by atoms with E-state index < -0.39 is 0 Å². The Hall–Kier alpha value is -2.68. The molecule has 1 saturated heterocycles. The Kier molecular flexibility index (Phi) is 7.40. The molecule has 2 aromatic rings. The number of guanidine groups is 1. The second-order valence-electron chi connectivity index (χ2n) is 6.99. The minimum absolute atomic E-state index is 0.173. The number of nitrogens with zero attached hydrogens (tertiary/aromatic N) is 6. The number of rotatable bonds is 6. The molecule has 156 valence electrons. The average Bonchev–Trinajstić information content (AvgIpc) is 3.16. The highest BCUT2D eigenvalue weighted by atomic mass is 32.1. The van der Waals surface area contributed by atoms with Gasteiger partial charge in [0.2, 0.25) is 5.91 Å². The fourth-order valence-electron chi connectivity index (χ4n) is 3.35. The van der Waals surface area contributed by atoms with Crippen LogP contribution in [0.5, 0.6) is 0 Å². The third-order valence-electron chi connectivity index (χ3n) is 4.87. The van der Waals surface area contributed by atoms with E-state index in [1.54, 1.807) is 24.6 Å². The van der Waals surface area contributed by atoms with E-state index in [9.17, 15) is 4.79 Å². The van der Waals surface area contributed by atoms with E-state index in [0.29, 0.717) is 19.5 Å². The van der Waals surface area contributed by atoms with Gasteiger partial charge in [-0.3, -0.25) is 9.79 Å². The van der Waals surface area contributed by atoms with E-state index in [0.717, 1.165) is 48.7 Å². The fourth-order valence-corrected chi connectivity index (χ4v) is 3.95. The van der Waals surface area contributed by atoms with Crippen LogP contribution in [-0.4, -0.2) is 78.5 Å². The molecule has 1 aliphatic rings. The third-order valence-corrected chi connectivity index (χ3v) is 5.69. The molecule has 9 heteroatoms. The van der Waals surface area contributed by atoms with Crippen molar-refractivity contribution in [2.75, 3.05) is 51.7 Å². The summed E-state index contributed by atoms with van der Waals surface area (Å²) in [6.07, 6.45) is 2.25. The van der Waals surface area contributed by atoms with Crippen molar-refractivity contribution in [3.8, 4) is 0 Å². The number of carbonyl (C=O) groups is 1. The number of nitrogens with one attached hydrogen (secondary N) is 1. The quantitative estimate of drug-likeness (QED) is 0.570. The zero-order valence-electron chi connectivity index (χ0n) is 17.3. The molecule has 1 aliphatic heterocycles. The number of pyridine rings is 1. The van der Waals surface area contributed by atoms with Crippen molar-refractivity contribution >= 4 is 29.0 Å². The van der Waals surface area contributed by atoms with Crippen LogP contribution in [0.3, 0.4) is 0 Å². The summed E-state index contributed by atoms with van der Waals surface area (Å²) in [7, 11) is 3.73. The molecule has 8 nitrogen and oxygen atoms in total. The second-order valence-corrected chi connectivity index (χ2v) is 8.06. The Morgan fingerprint density at radius 2 is 2.10 bits per heavy atom. The summed E-state index contributed by atoms with van der Waals surface area (Å²) in [6.45, 7) is 6.34. The Morgan fingerprint density at radius 3 is 2.72 bits per heavy atom. The summed E-state index contributed by atoms with van der Waals surface area (Å²) in [5, 5.41) is 6.41. The Bertz CT molecular complexity index is 815. The van der Waals surface area contributed by atoms with Crippen LogP contribution in [0, 0.1) is 6.92 Å². The first kappa shape index (κ1) is 21.0. The molecule has 0 saturated carbocycles. The second kappa shape index (κ2) is 10.2. The normalized spacial score (nSPS) is 14.8. The molecular weight excluding hydrogens is 386 g/mol. The number of aryl methyl sites for hydroxylation is 1. The van der Waals surface area contributed by atoms with Gasteiger partial charge in [0.05, 0.1) is 17.2 Å². The van der Waals surface area contributed by atoms with E-state index in [1.807, 2.05) is 42.0 Å². The van der Waals surface area contributed by atoms with Crippen LogP contribution < -0.4 is 10.2 Å². The number of carbonyl (C=O) groups excluding carboxylic acids is 1. The number of thiazole rings is 1. The molecule has 0 aromatic carbocycles. The fraction of sp³-hybridized carbons (Fsp3) is 0.500. The molecule has 1 N–H and O–H groups in total.